The van der Waals surface area contributed by atoms with E-state index >= 15 is 0 Å². The van der Waals surface area contributed by atoms with Crippen LogP contribution in [0.15, 0.2) is 41.5 Å². The summed E-state index contributed by atoms with van der Waals surface area (Å²) in [7, 11) is 1.66. The highest BCUT2D eigenvalue weighted by molar-refractivity contribution is 5.89. The van der Waals surface area contributed by atoms with Crippen LogP contribution in [0, 0.1) is 19.8 Å². The van der Waals surface area contributed by atoms with Gasteiger partial charge >= 0.3 is 0 Å². The van der Waals surface area contributed by atoms with Crippen molar-refractivity contribution < 1.29 is 19.1 Å². The Balaban J connectivity index is 2.03. The molecule has 34 heavy (non-hydrogen) atoms. The lowest BCUT2D eigenvalue weighted by atomic mass is 9.97. The van der Waals surface area contributed by atoms with E-state index < -0.39 is 6.04 Å². The van der Waals surface area contributed by atoms with Gasteiger partial charge in [-0.2, -0.15) is 5.10 Å². The van der Waals surface area contributed by atoms with Crippen LogP contribution >= 0.6 is 0 Å². The molecule has 2 aromatic rings. The number of rotatable bonds is 11. The van der Waals surface area contributed by atoms with Crippen LogP contribution in [0.1, 0.15) is 62.3 Å². The average molecular weight is 468 g/mol. The Morgan fingerprint density at radius 3 is 2.35 bits per heavy atom. The van der Waals surface area contributed by atoms with Crippen molar-refractivity contribution in [2.75, 3.05) is 13.7 Å². The van der Waals surface area contributed by atoms with Crippen molar-refractivity contribution >= 4 is 18.0 Å². The number of methoxy groups -OCH3 is 1. The Kier molecular flexibility index (Phi) is 10.1. The van der Waals surface area contributed by atoms with Gasteiger partial charge in [-0.3, -0.25) is 9.59 Å². The van der Waals surface area contributed by atoms with Gasteiger partial charge in [-0.1, -0.05) is 45.9 Å². The molecule has 2 aromatic carbocycles. The Bertz CT molecular complexity index is 1010. The fraction of sp³-hybridized carbons (Fsp3) is 0.444. The molecule has 0 heterocycles. The van der Waals surface area contributed by atoms with Gasteiger partial charge in [0, 0.05) is 0 Å². The smallest absolute Gasteiger partial charge is 0.262 e. The summed E-state index contributed by atoms with van der Waals surface area (Å²) < 4.78 is 11.1. The highest BCUT2D eigenvalue weighted by Crippen LogP contribution is 2.29. The molecule has 0 aliphatic heterocycles. The van der Waals surface area contributed by atoms with Crippen molar-refractivity contribution in [2.45, 2.75) is 59.9 Å². The van der Waals surface area contributed by atoms with Crippen LogP contribution < -0.4 is 20.2 Å². The second-order valence-electron chi connectivity index (χ2n) is 9.14. The van der Waals surface area contributed by atoms with Gasteiger partial charge in [0.15, 0.2) is 6.61 Å². The summed E-state index contributed by atoms with van der Waals surface area (Å²) in [6.07, 6.45) is 2.10. The van der Waals surface area contributed by atoms with E-state index in [1.54, 1.807) is 13.3 Å². The van der Waals surface area contributed by atoms with Crippen molar-refractivity contribution in [3.8, 4) is 11.5 Å². The molecular weight excluding hydrogens is 430 g/mol. The summed E-state index contributed by atoms with van der Waals surface area (Å²) in [5, 5.41) is 6.92. The lowest BCUT2D eigenvalue weighted by molar-refractivity contribution is -0.130. The van der Waals surface area contributed by atoms with Crippen LogP contribution in [-0.2, 0) is 9.59 Å². The topological polar surface area (TPSA) is 89.0 Å². The summed E-state index contributed by atoms with van der Waals surface area (Å²) >= 11 is 0. The summed E-state index contributed by atoms with van der Waals surface area (Å²) in [5.41, 5.74) is 6.46. The van der Waals surface area contributed by atoms with E-state index in [2.05, 4.69) is 29.7 Å². The molecular formula is C27H37N3O4. The molecule has 0 aliphatic rings. The Hall–Kier alpha value is -3.35. The minimum atomic E-state index is -0.715. The molecule has 1 atom stereocenters. The fourth-order valence-corrected chi connectivity index (χ4v) is 3.53. The van der Waals surface area contributed by atoms with E-state index in [0.717, 1.165) is 28.0 Å². The van der Waals surface area contributed by atoms with E-state index in [1.165, 1.54) is 0 Å². The van der Waals surface area contributed by atoms with Crippen LogP contribution in [0.25, 0.3) is 0 Å². The van der Waals surface area contributed by atoms with Crippen molar-refractivity contribution in [1.82, 2.24) is 10.7 Å². The fourth-order valence-electron chi connectivity index (χ4n) is 3.53. The van der Waals surface area contributed by atoms with E-state index in [4.69, 9.17) is 9.47 Å². The molecule has 0 spiro atoms. The maximum atomic E-state index is 12.8. The van der Waals surface area contributed by atoms with Gasteiger partial charge in [0.2, 0.25) is 0 Å². The minimum Gasteiger partial charge on any atom is -0.496 e. The van der Waals surface area contributed by atoms with E-state index in [-0.39, 0.29) is 30.3 Å². The molecule has 2 rings (SSSR count). The zero-order valence-electron chi connectivity index (χ0n) is 21.3. The normalized spacial score (nSPS) is 12.1. The summed E-state index contributed by atoms with van der Waals surface area (Å²) in [6.45, 7) is 11.9. The second kappa shape index (κ2) is 12.8. The van der Waals surface area contributed by atoms with Gasteiger partial charge in [0.05, 0.1) is 13.3 Å². The lowest BCUT2D eigenvalue weighted by Crippen LogP contribution is -2.47. The van der Waals surface area contributed by atoms with Crippen molar-refractivity contribution in [2.24, 2.45) is 11.0 Å². The van der Waals surface area contributed by atoms with Gasteiger partial charge < -0.3 is 14.8 Å². The summed E-state index contributed by atoms with van der Waals surface area (Å²) in [5.74, 6) is 1.23. The number of ether oxygens (including phenoxy) is 2. The van der Waals surface area contributed by atoms with Crippen molar-refractivity contribution in [1.29, 1.82) is 0 Å². The lowest BCUT2D eigenvalue weighted by Gasteiger charge is -2.19. The number of carbonyl (C=O) groups excluding carboxylic acids is 2. The molecule has 0 aromatic heterocycles. The molecule has 2 amide bonds. The number of nitrogens with one attached hydrogen (secondary N) is 2. The number of hydrogen-bond acceptors (Lipinski definition) is 5. The summed E-state index contributed by atoms with van der Waals surface area (Å²) in [4.78, 5) is 25.3. The SMILES string of the molecule is COc1cc(C)c(/C=N\NC(=O)[C@@H](CC(C)C)NC(=O)COc2ccccc2C)cc1C(C)C. The third-order valence-electron chi connectivity index (χ3n) is 5.43. The molecule has 0 saturated heterocycles. The second-order valence-corrected chi connectivity index (χ2v) is 9.14. The largest absolute Gasteiger partial charge is 0.496 e. The zero-order valence-corrected chi connectivity index (χ0v) is 21.3. The van der Waals surface area contributed by atoms with E-state index in [0.29, 0.717) is 12.2 Å². The number of amides is 2. The Morgan fingerprint density at radius 1 is 1.03 bits per heavy atom. The maximum absolute atomic E-state index is 12.8. The maximum Gasteiger partial charge on any atom is 0.262 e. The third-order valence-corrected chi connectivity index (χ3v) is 5.43. The monoisotopic (exact) mass is 467 g/mol. The van der Waals surface area contributed by atoms with Crippen molar-refractivity contribution in [3.05, 3.63) is 58.7 Å². The zero-order chi connectivity index (χ0) is 25.3. The molecule has 0 saturated carbocycles. The molecule has 0 unspecified atom stereocenters. The summed E-state index contributed by atoms with van der Waals surface area (Å²) in [6, 6.07) is 10.7. The molecule has 2 N–H and O–H groups in total. The predicted molar refractivity (Wildman–Crippen MR) is 136 cm³/mol. The van der Waals surface area contributed by atoms with Crippen LogP contribution in [0.2, 0.25) is 0 Å². The molecule has 7 heteroatoms. The molecule has 184 valence electrons. The first kappa shape index (κ1) is 26.9. The van der Waals surface area contributed by atoms with Gasteiger partial charge in [0.25, 0.3) is 11.8 Å². The average Bonchev–Trinajstić information content (AvgIpc) is 2.78. The van der Waals surface area contributed by atoms with E-state index in [1.807, 2.05) is 64.1 Å². The number of nitrogens with zero attached hydrogens (tertiary/aromatic N) is 1. The first-order valence-corrected chi connectivity index (χ1v) is 11.6. The highest BCUT2D eigenvalue weighted by atomic mass is 16.5. The number of para-hydroxylation sites is 1. The number of hydrazone groups is 1. The Morgan fingerprint density at radius 2 is 1.74 bits per heavy atom. The Labute approximate surface area is 202 Å². The molecule has 7 nitrogen and oxygen atoms in total. The molecule has 0 radical (unpaired) electrons. The number of carbonyl (C=O) groups is 2. The van der Waals surface area contributed by atoms with Crippen molar-refractivity contribution in [3.63, 3.8) is 0 Å². The molecule has 0 bridgehead atoms. The first-order chi connectivity index (χ1) is 16.1. The van der Waals surface area contributed by atoms with Gasteiger partial charge in [0.1, 0.15) is 17.5 Å². The van der Waals surface area contributed by atoms with Crippen LogP contribution in [-0.4, -0.2) is 37.8 Å². The standard InChI is InChI=1S/C27H37N3O4/c1-17(2)12-23(29-26(31)16-34-24-11-9-8-10-19(24)5)27(32)30-28-15-21-14-22(18(3)4)25(33-7)13-20(21)6/h8-11,13-15,17-18,23H,12,16H2,1-7H3,(H,29,31)(H,30,32)/b28-15-/t23-/m1/s1. The number of aryl methyl sites for hydroxylation is 2. The number of hydrogen-bond donors (Lipinski definition) is 2. The van der Waals surface area contributed by atoms with Gasteiger partial charge in [-0.15, -0.1) is 0 Å². The van der Waals surface area contributed by atoms with E-state index in [9.17, 15) is 9.59 Å². The van der Waals surface area contributed by atoms with Crippen LogP contribution in [0.3, 0.4) is 0 Å². The minimum absolute atomic E-state index is 0.168. The van der Waals surface area contributed by atoms with Crippen LogP contribution in [0.4, 0.5) is 0 Å². The quantitative estimate of drug-likeness (QED) is 0.376. The van der Waals surface area contributed by atoms with Gasteiger partial charge in [-0.25, -0.2) is 5.43 Å². The predicted octanol–water partition coefficient (Wildman–Crippen LogP) is 4.50. The first-order valence-electron chi connectivity index (χ1n) is 11.6. The molecule has 0 fully saturated rings. The third kappa shape index (κ3) is 7.90. The highest BCUT2D eigenvalue weighted by Gasteiger charge is 2.22. The van der Waals surface area contributed by atoms with Gasteiger partial charge in [-0.05, 0) is 72.6 Å². The van der Waals surface area contributed by atoms with Crippen LogP contribution in [0.5, 0.6) is 11.5 Å². The number of benzene rings is 2. The molecule has 0 aliphatic carbocycles.